The van der Waals surface area contributed by atoms with Crippen molar-refractivity contribution >= 4 is 23.3 Å². The van der Waals surface area contributed by atoms with Gasteiger partial charge < -0.3 is 5.73 Å². The van der Waals surface area contributed by atoms with Crippen molar-refractivity contribution in [3.05, 3.63) is 70.0 Å². The minimum atomic E-state index is -0.781. The molecule has 0 aliphatic heterocycles. The Hall–Kier alpha value is -2.24. The van der Waals surface area contributed by atoms with Gasteiger partial charge in [0.2, 0.25) is 5.91 Å². The standard InChI is InChI=1S/C20H20ClFN2O2/c1-2-15(24-20(10-11-20)19(23)26)13-8-9-14(21)16(17(13)22)18(25)12-6-4-3-5-7-12/h3-9,15,24H,2,10-11H2,1H3,(H2,23,26). The number of halogens is 2. The smallest absolute Gasteiger partial charge is 0.237 e. The number of amides is 1. The van der Waals surface area contributed by atoms with E-state index in [0.717, 1.165) is 0 Å². The zero-order valence-electron chi connectivity index (χ0n) is 14.4. The summed E-state index contributed by atoms with van der Waals surface area (Å²) in [7, 11) is 0. The van der Waals surface area contributed by atoms with Gasteiger partial charge in [-0.1, -0.05) is 54.9 Å². The zero-order valence-corrected chi connectivity index (χ0v) is 15.1. The highest BCUT2D eigenvalue weighted by Crippen LogP contribution is 2.39. The number of hydrogen-bond donors (Lipinski definition) is 2. The molecule has 1 unspecified atom stereocenters. The van der Waals surface area contributed by atoms with Gasteiger partial charge >= 0.3 is 0 Å². The van der Waals surface area contributed by atoms with E-state index in [1.165, 1.54) is 6.07 Å². The summed E-state index contributed by atoms with van der Waals surface area (Å²) >= 11 is 6.13. The summed E-state index contributed by atoms with van der Waals surface area (Å²) < 4.78 is 15.2. The Morgan fingerprint density at radius 3 is 2.42 bits per heavy atom. The molecular formula is C20H20ClFN2O2. The first-order valence-electron chi connectivity index (χ1n) is 8.55. The maximum atomic E-state index is 15.2. The average molecular weight is 375 g/mol. The maximum absolute atomic E-state index is 15.2. The van der Waals surface area contributed by atoms with Crippen molar-refractivity contribution in [2.45, 2.75) is 37.8 Å². The van der Waals surface area contributed by atoms with Crippen molar-refractivity contribution < 1.29 is 14.0 Å². The second-order valence-corrected chi connectivity index (χ2v) is 6.98. The fraction of sp³-hybridized carbons (Fsp3) is 0.300. The second kappa shape index (κ2) is 7.17. The van der Waals surface area contributed by atoms with E-state index < -0.39 is 29.1 Å². The summed E-state index contributed by atoms with van der Waals surface area (Å²) in [5.41, 5.74) is 5.20. The summed E-state index contributed by atoms with van der Waals surface area (Å²) in [4.78, 5) is 24.4. The Morgan fingerprint density at radius 1 is 1.23 bits per heavy atom. The molecule has 2 aromatic rings. The number of nitrogens with one attached hydrogen (secondary N) is 1. The molecule has 1 fully saturated rings. The summed E-state index contributed by atoms with van der Waals surface area (Å²) in [5.74, 6) is -1.57. The summed E-state index contributed by atoms with van der Waals surface area (Å²) in [5, 5.41) is 3.23. The lowest BCUT2D eigenvalue weighted by Gasteiger charge is -2.24. The summed E-state index contributed by atoms with van der Waals surface area (Å²) in [6.45, 7) is 1.88. The van der Waals surface area contributed by atoms with Crippen LogP contribution < -0.4 is 11.1 Å². The lowest BCUT2D eigenvalue weighted by molar-refractivity contribution is -0.121. The van der Waals surface area contributed by atoms with E-state index in [1.54, 1.807) is 36.4 Å². The van der Waals surface area contributed by atoms with E-state index in [-0.39, 0.29) is 10.6 Å². The van der Waals surface area contributed by atoms with Crippen LogP contribution in [0.4, 0.5) is 4.39 Å². The molecule has 0 aromatic heterocycles. The van der Waals surface area contributed by atoms with Crippen molar-refractivity contribution in [3.63, 3.8) is 0 Å². The number of benzene rings is 2. The Bertz CT molecular complexity index is 850. The van der Waals surface area contributed by atoms with Crippen LogP contribution in [0.5, 0.6) is 0 Å². The van der Waals surface area contributed by atoms with Gasteiger partial charge in [-0.15, -0.1) is 0 Å². The molecule has 0 saturated heterocycles. The molecule has 3 rings (SSSR count). The van der Waals surface area contributed by atoms with Gasteiger partial charge in [-0.05, 0) is 25.3 Å². The average Bonchev–Trinajstić information content (AvgIpc) is 3.42. The van der Waals surface area contributed by atoms with Crippen molar-refractivity contribution in [3.8, 4) is 0 Å². The Kier molecular flexibility index (Phi) is 5.12. The van der Waals surface area contributed by atoms with Crippen LogP contribution in [0, 0.1) is 5.82 Å². The Balaban J connectivity index is 1.99. The molecule has 1 atom stereocenters. The molecule has 3 N–H and O–H groups in total. The monoisotopic (exact) mass is 374 g/mol. The van der Waals surface area contributed by atoms with Crippen molar-refractivity contribution in [2.24, 2.45) is 5.73 Å². The highest BCUT2D eigenvalue weighted by Gasteiger charge is 2.49. The van der Waals surface area contributed by atoms with Gasteiger partial charge in [0, 0.05) is 17.2 Å². The molecule has 1 aliphatic rings. The third-order valence-electron chi connectivity index (χ3n) is 4.84. The van der Waals surface area contributed by atoms with E-state index in [0.29, 0.717) is 30.4 Å². The molecule has 1 aliphatic carbocycles. The first kappa shape index (κ1) is 18.5. The first-order valence-corrected chi connectivity index (χ1v) is 8.92. The van der Waals surface area contributed by atoms with Crippen LogP contribution in [0.3, 0.4) is 0 Å². The van der Waals surface area contributed by atoms with Crippen LogP contribution in [0.25, 0.3) is 0 Å². The molecule has 0 heterocycles. The molecule has 26 heavy (non-hydrogen) atoms. The molecule has 4 nitrogen and oxygen atoms in total. The molecule has 2 aromatic carbocycles. The van der Waals surface area contributed by atoms with Gasteiger partial charge in [0.1, 0.15) is 5.82 Å². The minimum Gasteiger partial charge on any atom is -0.368 e. The molecule has 136 valence electrons. The highest BCUT2D eigenvalue weighted by atomic mass is 35.5. The number of rotatable bonds is 7. The van der Waals surface area contributed by atoms with Crippen LogP contribution in [-0.2, 0) is 4.79 Å². The van der Waals surface area contributed by atoms with Crippen LogP contribution >= 0.6 is 11.6 Å². The van der Waals surface area contributed by atoms with E-state index in [9.17, 15) is 9.59 Å². The lowest BCUT2D eigenvalue weighted by atomic mass is 9.95. The summed E-state index contributed by atoms with van der Waals surface area (Å²) in [6.07, 6.45) is 1.79. The molecular weight excluding hydrogens is 355 g/mol. The van der Waals surface area contributed by atoms with Gasteiger partial charge in [-0.2, -0.15) is 0 Å². The molecule has 0 spiro atoms. The molecule has 0 bridgehead atoms. The maximum Gasteiger partial charge on any atom is 0.237 e. The summed E-state index contributed by atoms with van der Waals surface area (Å²) in [6, 6.07) is 11.1. The van der Waals surface area contributed by atoms with Gasteiger partial charge in [-0.3, -0.25) is 14.9 Å². The Morgan fingerprint density at radius 2 is 1.88 bits per heavy atom. The zero-order chi connectivity index (χ0) is 18.9. The van der Waals surface area contributed by atoms with Crippen LogP contribution in [0.2, 0.25) is 5.02 Å². The Labute approximate surface area is 156 Å². The lowest BCUT2D eigenvalue weighted by Crippen LogP contribution is -2.45. The SMILES string of the molecule is CCC(NC1(C(N)=O)CC1)c1ccc(Cl)c(C(=O)c2ccccc2)c1F. The third-order valence-corrected chi connectivity index (χ3v) is 5.15. The minimum absolute atomic E-state index is 0.0611. The molecule has 1 amide bonds. The largest absolute Gasteiger partial charge is 0.368 e. The number of carbonyl (C=O) groups excluding carboxylic acids is 2. The van der Waals surface area contributed by atoms with Crippen LogP contribution in [0.1, 0.15) is 53.7 Å². The van der Waals surface area contributed by atoms with Crippen molar-refractivity contribution in [1.29, 1.82) is 0 Å². The van der Waals surface area contributed by atoms with Gasteiger partial charge in [0.05, 0.1) is 16.1 Å². The number of hydrogen-bond acceptors (Lipinski definition) is 3. The number of nitrogens with two attached hydrogens (primary N) is 1. The van der Waals surface area contributed by atoms with Gasteiger partial charge in [-0.25, -0.2) is 4.39 Å². The number of ketones is 1. The van der Waals surface area contributed by atoms with Crippen LogP contribution in [-0.4, -0.2) is 17.2 Å². The van der Waals surface area contributed by atoms with E-state index in [2.05, 4.69) is 5.32 Å². The fourth-order valence-electron chi connectivity index (χ4n) is 3.10. The second-order valence-electron chi connectivity index (χ2n) is 6.57. The molecule has 0 radical (unpaired) electrons. The van der Waals surface area contributed by atoms with Crippen molar-refractivity contribution in [1.82, 2.24) is 5.32 Å². The highest BCUT2D eigenvalue weighted by molar-refractivity contribution is 6.35. The molecule has 6 heteroatoms. The topological polar surface area (TPSA) is 72.2 Å². The van der Waals surface area contributed by atoms with E-state index in [1.807, 2.05) is 6.92 Å². The fourth-order valence-corrected chi connectivity index (χ4v) is 3.33. The third kappa shape index (κ3) is 3.37. The first-order chi connectivity index (χ1) is 12.4. The number of primary amides is 1. The van der Waals surface area contributed by atoms with E-state index >= 15 is 4.39 Å². The number of carbonyl (C=O) groups is 2. The van der Waals surface area contributed by atoms with Gasteiger partial charge in [0.15, 0.2) is 5.78 Å². The normalized spacial score (nSPS) is 16.1. The predicted molar refractivity (Wildman–Crippen MR) is 98.6 cm³/mol. The van der Waals surface area contributed by atoms with Crippen LogP contribution in [0.15, 0.2) is 42.5 Å². The van der Waals surface area contributed by atoms with Crippen molar-refractivity contribution in [2.75, 3.05) is 0 Å². The predicted octanol–water partition coefficient (Wildman–Crippen LogP) is 3.77. The van der Waals surface area contributed by atoms with Gasteiger partial charge in [0.25, 0.3) is 0 Å². The van der Waals surface area contributed by atoms with E-state index in [4.69, 9.17) is 17.3 Å². The quantitative estimate of drug-likeness (QED) is 0.724. The molecule has 1 saturated carbocycles.